The monoisotopic (exact) mass is 360 g/mol. The van der Waals surface area contributed by atoms with E-state index in [0.29, 0.717) is 5.56 Å². The zero-order valence-corrected chi connectivity index (χ0v) is 17.5. The molecule has 1 aromatic rings. The third kappa shape index (κ3) is 8.87. The molecule has 26 heavy (non-hydrogen) atoms. The van der Waals surface area contributed by atoms with Gasteiger partial charge in [-0.25, -0.2) is 4.79 Å². The molecule has 0 N–H and O–H groups in total. The highest BCUT2D eigenvalue weighted by Crippen LogP contribution is 2.25. The number of esters is 1. The number of ether oxygens (including phenoxy) is 1. The van der Waals surface area contributed by atoms with Crippen LogP contribution >= 0.6 is 0 Å². The molecule has 1 aromatic carbocycles. The summed E-state index contributed by atoms with van der Waals surface area (Å²) in [5.41, 5.74) is 0.665. The zero-order valence-electron chi connectivity index (χ0n) is 17.5. The first kappa shape index (κ1) is 22.7. The second-order valence-corrected chi connectivity index (χ2v) is 7.65. The Kier molecular flexibility index (Phi) is 12.1. The Morgan fingerprint density at radius 3 is 1.92 bits per heavy atom. The Hall–Kier alpha value is -1.31. The maximum absolute atomic E-state index is 12.5. The van der Waals surface area contributed by atoms with Gasteiger partial charge in [0.15, 0.2) is 0 Å². The van der Waals surface area contributed by atoms with Gasteiger partial charge < -0.3 is 4.74 Å². The Morgan fingerprint density at radius 1 is 0.808 bits per heavy atom. The molecular weight excluding hydrogens is 320 g/mol. The zero-order chi connectivity index (χ0) is 19.2. The Bertz CT molecular complexity index is 464. The number of unbranched alkanes of at least 4 members (excludes halogenated alkanes) is 1. The van der Waals surface area contributed by atoms with Crippen LogP contribution in [0.5, 0.6) is 0 Å². The topological polar surface area (TPSA) is 26.3 Å². The molecule has 0 fully saturated rings. The standard InChI is InChI=1S/C24H40O2/c1-5-9-13-21(8-4)17-19-23(18-16-20(6-2)7-3)26-24(25)22-14-11-10-12-15-22/h10-12,14-15,20-21,23H,5-9,13,16-19H2,1-4H3/t21-,23+/m0/s1. The van der Waals surface area contributed by atoms with Crippen molar-refractivity contribution in [1.29, 1.82) is 0 Å². The maximum atomic E-state index is 12.5. The van der Waals surface area contributed by atoms with E-state index in [1.165, 1.54) is 44.9 Å². The minimum Gasteiger partial charge on any atom is -0.459 e. The van der Waals surface area contributed by atoms with Crippen LogP contribution in [0.1, 0.15) is 102 Å². The van der Waals surface area contributed by atoms with Crippen molar-refractivity contribution in [2.24, 2.45) is 11.8 Å². The number of hydrogen-bond donors (Lipinski definition) is 0. The van der Waals surface area contributed by atoms with Crippen molar-refractivity contribution in [2.45, 2.75) is 98.0 Å². The minimum atomic E-state index is -0.165. The second-order valence-electron chi connectivity index (χ2n) is 7.65. The molecule has 0 bridgehead atoms. The highest BCUT2D eigenvalue weighted by molar-refractivity contribution is 5.89. The molecule has 1 rings (SSSR count). The first-order valence-electron chi connectivity index (χ1n) is 10.9. The molecule has 0 aliphatic rings. The second kappa shape index (κ2) is 13.8. The van der Waals surface area contributed by atoms with Gasteiger partial charge in [-0.1, -0.05) is 84.4 Å². The van der Waals surface area contributed by atoms with Gasteiger partial charge >= 0.3 is 5.97 Å². The minimum absolute atomic E-state index is 0.0546. The Morgan fingerprint density at radius 2 is 1.38 bits per heavy atom. The fourth-order valence-electron chi connectivity index (χ4n) is 3.64. The summed E-state index contributed by atoms with van der Waals surface area (Å²) in [6.45, 7) is 9.07. The third-order valence-corrected chi connectivity index (χ3v) is 5.77. The Balaban J connectivity index is 2.63. The summed E-state index contributed by atoms with van der Waals surface area (Å²) >= 11 is 0. The molecule has 0 aliphatic carbocycles. The van der Waals surface area contributed by atoms with Crippen LogP contribution in [0.4, 0.5) is 0 Å². The molecule has 0 aromatic heterocycles. The summed E-state index contributed by atoms with van der Waals surface area (Å²) in [5, 5.41) is 0. The fourth-order valence-corrected chi connectivity index (χ4v) is 3.64. The largest absolute Gasteiger partial charge is 0.459 e. The van der Waals surface area contributed by atoms with E-state index in [1.807, 2.05) is 30.3 Å². The summed E-state index contributed by atoms with van der Waals surface area (Å²) in [7, 11) is 0. The van der Waals surface area contributed by atoms with Crippen molar-refractivity contribution >= 4 is 5.97 Å². The van der Waals surface area contributed by atoms with Crippen LogP contribution in [-0.2, 0) is 4.74 Å². The fraction of sp³-hybridized carbons (Fsp3) is 0.708. The molecule has 2 atom stereocenters. The van der Waals surface area contributed by atoms with Crippen LogP contribution in [-0.4, -0.2) is 12.1 Å². The van der Waals surface area contributed by atoms with Gasteiger partial charge in [0.2, 0.25) is 0 Å². The van der Waals surface area contributed by atoms with Gasteiger partial charge in [-0.05, 0) is 49.7 Å². The summed E-state index contributed by atoms with van der Waals surface area (Å²) < 4.78 is 5.94. The lowest BCUT2D eigenvalue weighted by atomic mass is 9.90. The van der Waals surface area contributed by atoms with Gasteiger partial charge in [0, 0.05) is 0 Å². The average Bonchev–Trinajstić information content (AvgIpc) is 2.69. The van der Waals surface area contributed by atoms with E-state index in [-0.39, 0.29) is 12.1 Å². The number of benzene rings is 1. The first-order chi connectivity index (χ1) is 12.6. The van der Waals surface area contributed by atoms with E-state index in [1.54, 1.807) is 0 Å². The molecule has 0 heterocycles. The molecule has 2 heteroatoms. The van der Waals surface area contributed by atoms with E-state index < -0.39 is 0 Å². The summed E-state index contributed by atoms with van der Waals surface area (Å²) in [4.78, 5) is 12.5. The molecule has 0 radical (unpaired) electrons. The molecule has 0 amide bonds. The van der Waals surface area contributed by atoms with Crippen molar-refractivity contribution < 1.29 is 9.53 Å². The first-order valence-corrected chi connectivity index (χ1v) is 10.9. The lowest BCUT2D eigenvalue weighted by Crippen LogP contribution is -2.20. The summed E-state index contributed by atoms with van der Waals surface area (Å²) in [6, 6.07) is 9.41. The number of hydrogen-bond acceptors (Lipinski definition) is 2. The number of rotatable bonds is 14. The number of carbonyl (C=O) groups excluding carboxylic acids is 1. The van der Waals surface area contributed by atoms with Gasteiger partial charge in [-0.2, -0.15) is 0 Å². The van der Waals surface area contributed by atoms with Crippen molar-refractivity contribution in [3.05, 3.63) is 35.9 Å². The molecule has 0 spiro atoms. The average molecular weight is 361 g/mol. The normalized spacial score (nSPS) is 13.6. The van der Waals surface area contributed by atoms with Gasteiger partial charge in [0.05, 0.1) is 5.56 Å². The summed E-state index contributed by atoms with van der Waals surface area (Å²) in [6.07, 6.45) is 11.9. The molecule has 0 saturated heterocycles. The van der Waals surface area contributed by atoms with E-state index in [2.05, 4.69) is 27.7 Å². The van der Waals surface area contributed by atoms with Crippen molar-refractivity contribution in [1.82, 2.24) is 0 Å². The van der Waals surface area contributed by atoms with Crippen LogP contribution in [0.3, 0.4) is 0 Å². The molecule has 0 aliphatic heterocycles. The summed E-state index contributed by atoms with van der Waals surface area (Å²) in [5.74, 6) is 1.35. The van der Waals surface area contributed by atoms with Crippen LogP contribution < -0.4 is 0 Å². The lowest BCUT2D eigenvalue weighted by molar-refractivity contribution is 0.0227. The molecular formula is C24H40O2. The van der Waals surface area contributed by atoms with Crippen LogP contribution in [0.2, 0.25) is 0 Å². The number of carbonyl (C=O) groups is 1. The van der Waals surface area contributed by atoms with E-state index in [4.69, 9.17) is 4.74 Å². The maximum Gasteiger partial charge on any atom is 0.338 e. The highest BCUT2D eigenvalue weighted by Gasteiger charge is 2.19. The highest BCUT2D eigenvalue weighted by atomic mass is 16.5. The Labute approximate surface area is 161 Å². The van der Waals surface area contributed by atoms with Gasteiger partial charge in [0.25, 0.3) is 0 Å². The van der Waals surface area contributed by atoms with Crippen LogP contribution in [0.15, 0.2) is 30.3 Å². The van der Waals surface area contributed by atoms with Crippen molar-refractivity contribution in [2.75, 3.05) is 0 Å². The van der Waals surface area contributed by atoms with Crippen LogP contribution in [0, 0.1) is 11.8 Å². The molecule has 148 valence electrons. The van der Waals surface area contributed by atoms with Crippen molar-refractivity contribution in [3.63, 3.8) is 0 Å². The van der Waals surface area contributed by atoms with Crippen molar-refractivity contribution in [3.8, 4) is 0 Å². The SMILES string of the molecule is CCCC[C@H](CC)CC[C@@H](CCC(CC)CC)OC(=O)c1ccccc1. The molecule has 0 saturated carbocycles. The van der Waals surface area contributed by atoms with E-state index in [0.717, 1.165) is 31.1 Å². The lowest BCUT2D eigenvalue weighted by Gasteiger charge is -2.23. The van der Waals surface area contributed by atoms with Gasteiger partial charge in [-0.15, -0.1) is 0 Å². The molecule has 2 nitrogen and oxygen atoms in total. The smallest absolute Gasteiger partial charge is 0.338 e. The van der Waals surface area contributed by atoms with Gasteiger partial charge in [0.1, 0.15) is 6.10 Å². The van der Waals surface area contributed by atoms with Gasteiger partial charge in [-0.3, -0.25) is 0 Å². The quantitative estimate of drug-likeness (QED) is 0.322. The predicted octanol–water partition coefficient (Wildman–Crippen LogP) is 7.43. The van der Waals surface area contributed by atoms with Crippen LogP contribution in [0.25, 0.3) is 0 Å². The molecule has 0 unspecified atom stereocenters. The predicted molar refractivity (Wildman–Crippen MR) is 111 cm³/mol. The van der Waals surface area contributed by atoms with E-state index in [9.17, 15) is 4.79 Å². The third-order valence-electron chi connectivity index (χ3n) is 5.77. The van der Waals surface area contributed by atoms with E-state index >= 15 is 0 Å².